The molecular formula is C18H23NOS. The zero-order chi connectivity index (χ0) is 14.9. The molecule has 0 amide bonds. The van der Waals surface area contributed by atoms with Gasteiger partial charge < -0.3 is 10.4 Å². The van der Waals surface area contributed by atoms with E-state index in [1.807, 2.05) is 17.5 Å². The third kappa shape index (κ3) is 2.91. The van der Waals surface area contributed by atoms with E-state index in [2.05, 4.69) is 43.4 Å². The van der Waals surface area contributed by atoms with Crippen molar-refractivity contribution in [2.75, 3.05) is 0 Å². The number of thiophene rings is 1. The van der Waals surface area contributed by atoms with Crippen LogP contribution in [0.25, 0.3) is 0 Å². The highest BCUT2D eigenvalue weighted by atomic mass is 32.1. The Kier molecular flexibility index (Phi) is 4.16. The fourth-order valence-electron chi connectivity index (χ4n) is 3.40. The van der Waals surface area contributed by atoms with Crippen LogP contribution in [0.5, 0.6) is 0 Å². The standard InChI is InChI=1S/C18H23NOS/c1-13(2)19-15-10-9-14-6-3-4-7-16(14)18(20,12-15)17-8-5-11-21-17/h3-8,11,13,15,19-20H,9-10,12H2,1-2H3/t15-,18-/m1/s1. The third-order valence-electron chi connectivity index (χ3n) is 4.26. The Morgan fingerprint density at radius 2 is 2.05 bits per heavy atom. The smallest absolute Gasteiger partial charge is 0.125 e. The summed E-state index contributed by atoms with van der Waals surface area (Å²) in [5.41, 5.74) is 1.50. The zero-order valence-corrected chi connectivity index (χ0v) is 13.5. The Morgan fingerprint density at radius 3 is 2.76 bits per heavy atom. The molecule has 0 spiro atoms. The SMILES string of the molecule is CC(C)N[C@@H]1CCc2ccccc2[C@@](O)(c2cccs2)C1. The van der Waals surface area contributed by atoms with Crippen molar-refractivity contribution in [3.05, 3.63) is 57.8 Å². The van der Waals surface area contributed by atoms with E-state index in [1.54, 1.807) is 11.3 Å². The Bertz CT molecular complexity index is 593. The number of hydrogen-bond donors (Lipinski definition) is 2. The third-order valence-corrected chi connectivity index (χ3v) is 5.29. The molecular weight excluding hydrogens is 278 g/mol. The summed E-state index contributed by atoms with van der Waals surface area (Å²) in [4.78, 5) is 1.05. The molecule has 0 saturated carbocycles. The van der Waals surface area contributed by atoms with Crippen LogP contribution < -0.4 is 5.32 Å². The topological polar surface area (TPSA) is 32.3 Å². The summed E-state index contributed by atoms with van der Waals surface area (Å²) in [5, 5.41) is 17.2. The first kappa shape index (κ1) is 14.8. The lowest BCUT2D eigenvalue weighted by Crippen LogP contribution is -2.40. The average molecular weight is 301 g/mol. The molecule has 1 heterocycles. The van der Waals surface area contributed by atoms with Gasteiger partial charge in [-0.15, -0.1) is 11.3 Å². The number of nitrogens with one attached hydrogen (secondary N) is 1. The van der Waals surface area contributed by atoms with E-state index in [0.717, 1.165) is 29.7 Å². The second-order valence-corrected chi connectivity index (χ2v) is 7.20. The molecule has 2 N–H and O–H groups in total. The summed E-state index contributed by atoms with van der Waals surface area (Å²) in [7, 11) is 0. The van der Waals surface area contributed by atoms with E-state index in [1.165, 1.54) is 5.56 Å². The van der Waals surface area contributed by atoms with Gasteiger partial charge in [-0.2, -0.15) is 0 Å². The van der Waals surface area contributed by atoms with Gasteiger partial charge in [-0.05, 0) is 35.4 Å². The molecule has 1 aliphatic rings. The maximum absolute atomic E-state index is 11.5. The second-order valence-electron chi connectivity index (χ2n) is 6.26. The predicted octanol–water partition coefficient (Wildman–Crippen LogP) is 3.69. The molecule has 2 aromatic rings. The van der Waals surface area contributed by atoms with Gasteiger partial charge in [0.2, 0.25) is 0 Å². The van der Waals surface area contributed by atoms with Gasteiger partial charge in [0.15, 0.2) is 0 Å². The first-order valence-electron chi connectivity index (χ1n) is 7.70. The van der Waals surface area contributed by atoms with Crippen molar-refractivity contribution in [1.29, 1.82) is 0 Å². The van der Waals surface area contributed by atoms with Crippen LogP contribution in [0, 0.1) is 0 Å². The molecule has 2 atom stereocenters. The van der Waals surface area contributed by atoms with E-state index >= 15 is 0 Å². The molecule has 0 radical (unpaired) electrons. The highest BCUT2D eigenvalue weighted by Gasteiger charge is 2.39. The van der Waals surface area contributed by atoms with Crippen LogP contribution in [-0.2, 0) is 12.0 Å². The van der Waals surface area contributed by atoms with Gasteiger partial charge in [0.1, 0.15) is 5.60 Å². The maximum atomic E-state index is 11.5. The number of aliphatic hydroxyl groups is 1. The monoisotopic (exact) mass is 301 g/mol. The number of benzene rings is 1. The molecule has 0 aliphatic heterocycles. The lowest BCUT2D eigenvalue weighted by Gasteiger charge is -2.31. The molecule has 0 bridgehead atoms. The van der Waals surface area contributed by atoms with Crippen molar-refractivity contribution in [3.8, 4) is 0 Å². The maximum Gasteiger partial charge on any atom is 0.125 e. The Labute approximate surface area is 130 Å². The van der Waals surface area contributed by atoms with E-state index in [4.69, 9.17) is 0 Å². The molecule has 1 aliphatic carbocycles. The van der Waals surface area contributed by atoms with Crippen LogP contribution in [0.15, 0.2) is 41.8 Å². The summed E-state index contributed by atoms with van der Waals surface area (Å²) in [6.07, 6.45) is 2.83. The van der Waals surface area contributed by atoms with Gasteiger partial charge in [-0.25, -0.2) is 0 Å². The summed E-state index contributed by atoms with van der Waals surface area (Å²) in [6, 6.07) is 13.2. The lowest BCUT2D eigenvalue weighted by atomic mass is 9.85. The van der Waals surface area contributed by atoms with Crippen LogP contribution in [0.3, 0.4) is 0 Å². The normalized spacial score (nSPS) is 25.6. The highest BCUT2D eigenvalue weighted by Crippen LogP contribution is 2.41. The van der Waals surface area contributed by atoms with Crippen molar-refractivity contribution >= 4 is 11.3 Å². The first-order valence-corrected chi connectivity index (χ1v) is 8.58. The second kappa shape index (κ2) is 5.91. The summed E-state index contributed by atoms with van der Waals surface area (Å²) in [5.74, 6) is 0. The average Bonchev–Trinajstić information content (AvgIpc) is 2.95. The minimum Gasteiger partial charge on any atom is -0.379 e. The minimum atomic E-state index is -0.867. The Balaban J connectivity index is 2.04. The largest absolute Gasteiger partial charge is 0.379 e. The highest BCUT2D eigenvalue weighted by molar-refractivity contribution is 7.10. The van der Waals surface area contributed by atoms with Gasteiger partial charge in [0, 0.05) is 23.4 Å². The molecule has 1 aromatic carbocycles. The zero-order valence-electron chi connectivity index (χ0n) is 12.7. The molecule has 1 aromatic heterocycles. The van der Waals surface area contributed by atoms with Crippen LogP contribution >= 0.6 is 11.3 Å². The van der Waals surface area contributed by atoms with Gasteiger partial charge >= 0.3 is 0 Å². The van der Waals surface area contributed by atoms with Gasteiger partial charge in [0.25, 0.3) is 0 Å². The van der Waals surface area contributed by atoms with E-state index in [0.29, 0.717) is 12.1 Å². The minimum absolute atomic E-state index is 0.337. The summed E-state index contributed by atoms with van der Waals surface area (Å²) < 4.78 is 0. The van der Waals surface area contributed by atoms with Crippen molar-refractivity contribution in [2.24, 2.45) is 0 Å². The van der Waals surface area contributed by atoms with Crippen molar-refractivity contribution < 1.29 is 5.11 Å². The van der Waals surface area contributed by atoms with E-state index in [-0.39, 0.29) is 0 Å². The summed E-state index contributed by atoms with van der Waals surface area (Å²) >= 11 is 1.64. The number of hydrogen-bond acceptors (Lipinski definition) is 3. The van der Waals surface area contributed by atoms with E-state index < -0.39 is 5.60 Å². The molecule has 0 fully saturated rings. The molecule has 0 saturated heterocycles. The molecule has 21 heavy (non-hydrogen) atoms. The van der Waals surface area contributed by atoms with Crippen molar-refractivity contribution in [2.45, 2.75) is 50.8 Å². The van der Waals surface area contributed by atoms with Gasteiger partial charge in [0.05, 0.1) is 0 Å². The lowest BCUT2D eigenvalue weighted by molar-refractivity contribution is 0.0634. The number of aryl methyl sites for hydroxylation is 1. The molecule has 112 valence electrons. The van der Waals surface area contributed by atoms with Gasteiger partial charge in [-0.1, -0.05) is 44.2 Å². The van der Waals surface area contributed by atoms with Gasteiger partial charge in [-0.3, -0.25) is 0 Å². The van der Waals surface area contributed by atoms with Crippen molar-refractivity contribution in [1.82, 2.24) is 5.32 Å². The van der Waals surface area contributed by atoms with Crippen LogP contribution in [0.1, 0.15) is 42.7 Å². The van der Waals surface area contributed by atoms with Crippen LogP contribution in [-0.4, -0.2) is 17.2 Å². The van der Waals surface area contributed by atoms with Crippen LogP contribution in [0.2, 0.25) is 0 Å². The molecule has 3 rings (SSSR count). The fraction of sp³-hybridized carbons (Fsp3) is 0.444. The summed E-state index contributed by atoms with van der Waals surface area (Å²) in [6.45, 7) is 4.34. The fourth-order valence-corrected chi connectivity index (χ4v) is 4.25. The molecule has 3 heteroatoms. The molecule has 0 unspecified atom stereocenters. The first-order chi connectivity index (χ1) is 10.1. The number of fused-ring (bicyclic) bond motifs is 1. The quantitative estimate of drug-likeness (QED) is 0.848. The van der Waals surface area contributed by atoms with E-state index in [9.17, 15) is 5.11 Å². The molecule has 2 nitrogen and oxygen atoms in total. The number of rotatable bonds is 3. The predicted molar refractivity (Wildman–Crippen MR) is 88.8 cm³/mol. The Morgan fingerprint density at radius 1 is 1.24 bits per heavy atom. The Hall–Kier alpha value is -1.16. The van der Waals surface area contributed by atoms with Crippen molar-refractivity contribution in [3.63, 3.8) is 0 Å². The van der Waals surface area contributed by atoms with Crippen LogP contribution in [0.4, 0.5) is 0 Å².